The van der Waals surface area contributed by atoms with Crippen molar-refractivity contribution in [1.29, 1.82) is 0 Å². The largest absolute Gasteiger partial charge is 0.318 e. The van der Waals surface area contributed by atoms with E-state index in [0.717, 1.165) is 12.1 Å². The number of carbonyl (C=O) groups is 2. The van der Waals surface area contributed by atoms with Crippen molar-refractivity contribution < 1.29 is 27.2 Å². The molecule has 29 heavy (non-hydrogen) atoms. The van der Waals surface area contributed by atoms with E-state index >= 15 is 0 Å². The van der Waals surface area contributed by atoms with Crippen LogP contribution >= 0.6 is 0 Å². The van der Waals surface area contributed by atoms with Crippen LogP contribution in [0.1, 0.15) is 26.3 Å². The number of benzene rings is 3. The zero-order valence-corrected chi connectivity index (χ0v) is 15.7. The summed E-state index contributed by atoms with van der Waals surface area (Å²) in [5, 5.41) is 12.2. The summed E-state index contributed by atoms with van der Waals surface area (Å²) >= 11 is 0. The molecule has 3 aromatic carbocycles. The lowest BCUT2D eigenvalue weighted by molar-refractivity contribution is -0.385. The van der Waals surface area contributed by atoms with Crippen LogP contribution in [0.3, 0.4) is 0 Å². The monoisotopic (exact) mass is 412 g/mol. The van der Waals surface area contributed by atoms with Crippen molar-refractivity contribution in [3.05, 3.63) is 81.4 Å². The molecule has 0 unspecified atom stereocenters. The smallest absolute Gasteiger partial charge is 0.266 e. The topological polar surface area (TPSA) is 124 Å². The molecule has 3 aromatic rings. The second-order valence-corrected chi connectivity index (χ2v) is 7.85. The van der Waals surface area contributed by atoms with Crippen LogP contribution in [0.15, 0.2) is 59.5 Å². The molecular weight excluding hydrogens is 400 g/mol. The van der Waals surface area contributed by atoms with Crippen LogP contribution in [0, 0.1) is 17.0 Å². The van der Waals surface area contributed by atoms with E-state index in [1.807, 2.05) is 0 Å². The summed E-state index contributed by atoms with van der Waals surface area (Å²) in [5.74, 6) is -1.88. The first kappa shape index (κ1) is 18.7. The van der Waals surface area contributed by atoms with E-state index in [2.05, 4.69) is 0 Å². The van der Waals surface area contributed by atoms with Gasteiger partial charge in [0.15, 0.2) is 0 Å². The third-order valence-electron chi connectivity index (χ3n) is 4.56. The number of hydrogen-bond donors (Lipinski definition) is 0. The lowest BCUT2D eigenvalue weighted by atomic mass is 9.95. The fourth-order valence-electron chi connectivity index (χ4n) is 3.19. The predicted molar refractivity (Wildman–Crippen MR) is 101 cm³/mol. The van der Waals surface area contributed by atoms with Crippen LogP contribution < -0.4 is 0 Å². The molecule has 0 saturated heterocycles. The molecule has 0 N–H and O–H groups in total. The Kier molecular flexibility index (Phi) is 4.17. The van der Waals surface area contributed by atoms with Gasteiger partial charge in [0.05, 0.1) is 16.1 Å². The highest BCUT2D eigenvalue weighted by Gasteiger charge is 2.38. The molecule has 0 bridgehead atoms. The van der Waals surface area contributed by atoms with Crippen molar-refractivity contribution in [2.24, 2.45) is 0 Å². The minimum absolute atomic E-state index is 0.115. The second-order valence-electron chi connectivity index (χ2n) is 6.35. The van der Waals surface area contributed by atoms with Crippen molar-refractivity contribution in [1.82, 2.24) is 5.06 Å². The maximum Gasteiger partial charge on any atom is 0.318 e. The van der Waals surface area contributed by atoms with Crippen molar-refractivity contribution in [2.45, 2.75) is 11.8 Å². The van der Waals surface area contributed by atoms with Gasteiger partial charge in [-0.1, -0.05) is 30.3 Å². The Morgan fingerprint density at radius 1 is 0.966 bits per heavy atom. The summed E-state index contributed by atoms with van der Waals surface area (Å²) in [6, 6.07) is 12.8. The summed E-state index contributed by atoms with van der Waals surface area (Å²) in [6.07, 6.45) is 0. The molecule has 0 saturated carbocycles. The van der Waals surface area contributed by atoms with Crippen molar-refractivity contribution in [3.8, 4) is 0 Å². The van der Waals surface area contributed by atoms with Crippen LogP contribution in [0.2, 0.25) is 0 Å². The van der Waals surface area contributed by atoms with E-state index in [1.54, 1.807) is 24.3 Å². The molecule has 1 aliphatic heterocycles. The van der Waals surface area contributed by atoms with Crippen LogP contribution in [0.4, 0.5) is 5.69 Å². The van der Waals surface area contributed by atoms with Gasteiger partial charge in [0, 0.05) is 17.5 Å². The Morgan fingerprint density at radius 2 is 1.55 bits per heavy atom. The molecule has 10 heteroatoms. The molecule has 146 valence electrons. The molecule has 0 aromatic heterocycles. The number of rotatable bonds is 4. The van der Waals surface area contributed by atoms with Gasteiger partial charge in [-0.25, -0.2) is 0 Å². The number of hydrogen-bond acceptors (Lipinski definition) is 7. The summed E-state index contributed by atoms with van der Waals surface area (Å²) in [5.41, 5.74) is -0.0773. The van der Waals surface area contributed by atoms with E-state index in [0.29, 0.717) is 10.8 Å². The van der Waals surface area contributed by atoms with Crippen LogP contribution in [-0.4, -0.2) is 30.2 Å². The zero-order valence-electron chi connectivity index (χ0n) is 14.9. The van der Waals surface area contributed by atoms with E-state index < -0.39 is 37.4 Å². The number of hydroxylamine groups is 2. The third kappa shape index (κ3) is 2.94. The number of amides is 2. The lowest BCUT2D eigenvalue weighted by Gasteiger charge is -2.25. The average molecular weight is 412 g/mol. The first-order chi connectivity index (χ1) is 13.7. The van der Waals surface area contributed by atoms with E-state index in [4.69, 9.17) is 4.28 Å². The first-order valence-corrected chi connectivity index (χ1v) is 9.72. The fourth-order valence-corrected chi connectivity index (χ4v) is 4.33. The first-order valence-electron chi connectivity index (χ1n) is 8.31. The SMILES string of the molecule is Cc1ccc([N+](=O)[O-])cc1S(=O)(=O)ON1C(=O)c2cccc3cccc(c23)C1=O. The molecule has 2 amide bonds. The highest BCUT2D eigenvalue weighted by Crippen LogP contribution is 2.32. The molecule has 1 heterocycles. The van der Waals surface area contributed by atoms with Gasteiger partial charge in [0.2, 0.25) is 0 Å². The number of imide groups is 1. The molecule has 0 spiro atoms. The summed E-state index contributed by atoms with van der Waals surface area (Å²) in [6.45, 7) is 1.41. The van der Waals surface area contributed by atoms with Gasteiger partial charge in [0.25, 0.3) is 17.5 Å². The maximum absolute atomic E-state index is 12.8. The molecule has 4 rings (SSSR count). The lowest BCUT2D eigenvalue weighted by Crippen LogP contribution is -2.41. The molecule has 9 nitrogen and oxygen atoms in total. The second kappa shape index (κ2) is 6.47. The van der Waals surface area contributed by atoms with Gasteiger partial charge in [-0.3, -0.25) is 19.7 Å². The highest BCUT2D eigenvalue weighted by atomic mass is 32.2. The molecule has 1 aliphatic rings. The maximum atomic E-state index is 12.8. The van der Waals surface area contributed by atoms with Gasteiger partial charge < -0.3 is 0 Å². The Balaban J connectivity index is 1.79. The van der Waals surface area contributed by atoms with E-state index in [1.165, 1.54) is 25.1 Å². The summed E-state index contributed by atoms with van der Waals surface area (Å²) in [7, 11) is -4.70. The number of nitrogens with zero attached hydrogens (tertiary/aromatic N) is 2. The van der Waals surface area contributed by atoms with Crippen molar-refractivity contribution in [2.75, 3.05) is 0 Å². The number of non-ortho nitro benzene ring substituents is 1. The van der Waals surface area contributed by atoms with Crippen LogP contribution in [0.5, 0.6) is 0 Å². The van der Waals surface area contributed by atoms with Crippen LogP contribution in [-0.2, 0) is 14.4 Å². The molecule has 0 aliphatic carbocycles. The van der Waals surface area contributed by atoms with E-state index in [-0.39, 0.29) is 21.8 Å². The Bertz CT molecular complexity index is 1280. The normalized spacial score (nSPS) is 13.8. The van der Waals surface area contributed by atoms with Crippen LogP contribution in [0.25, 0.3) is 10.8 Å². The van der Waals surface area contributed by atoms with Crippen molar-refractivity contribution >= 4 is 38.4 Å². The van der Waals surface area contributed by atoms with Gasteiger partial charge in [-0.05, 0) is 30.0 Å². The molecule has 0 atom stereocenters. The summed E-state index contributed by atoms with van der Waals surface area (Å²) in [4.78, 5) is 35.3. The van der Waals surface area contributed by atoms with Gasteiger partial charge in [0.1, 0.15) is 4.90 Å². The fraction of sp³-hybridized carbons (Fsp3) is 0.0526. The molecular formula is C19H12N2O7S. The Hall–Kier alpha value is -3.63. The van der Waals surface area contributed by atoms with Gasteiger partial charge in [-0.2, -0.15) is 8.42 Å². The number of aryl methyl sites for hydroxylation is 1. The molecule has 0 radical (unpaired) electrons. The number of carbonyl (C=O) groups excluding carboxylic acids is 2. The third-order valence-corrected chi connectivity index (χ3v) is 5.88. The highest BCUT2D eigenvalue weighted by molar-refractivity contribution is 7.86. The Labute approximate surface area is 164 Å². The Morgan fingerprint density at radius 3 is 2.10 bits per heavy atom. The van der Waals surface area contributed by atoms with Gasteiger partial charge >= 0.3 is 10.1 Å². The standard InChI is InChI=1S/C19H12N2O7S/c1-11-8-9-13(21(24)25)10-16(11)29(26,27)28-20-18(22)14-6-2-4-12-5-3-7-15(17(12)14)19(20)23/h2-10H,1H3. The zero-order chi connectivity index (χ0) is 20.9. The minimum Gasteiger partial charge on any atom is -0.266 e. The van der Waals surface area contributed by atoms with Crippen molar-refractivity contribution in [3.63, 3.8) is 0 Å². The van der Waals surface area contributed by atoms with E-state index in [9.17, 15) is 28.1 Å². The molecule has 0 fully saturated rings. The minimum atomic E-state index is -4.70. The van der Waals surface area contributed by atoms with Gasteiger partial charge in [-0.15, -0.1) is 9.35 Å². The average Bonchev–Trinajstić information content (AvgIpc) is 2.69. The predicted octanol–water partition coefficient (Wildman–Crippen LogP) is 2.97. The summed E-state index contributed by atoms with van der Waals surface area (Å²) < 4.78 is 30.4. The number of nitro benzene ring substituents is 1. The quantitative estimate of drug-likeness (QED) is 0.366. The number of nitro groups is 1.